The van der Waals surface area contributed by atoms with Gasteiger partial charge in [-0.2, -0.15) is 0 Å². The molecule has 2 N–H and O–H groups in total. The van der Waals surface area contributed by atoms with E-state index in [0.29, 0.717) is 0 Å². The Kier molecular flexibility index (Phi) is 3.62. The van der Waals surface area contributed by atoms with Crippen LogP contribution in [0.5, 0.6) is 5.75 Å². The van der Waals surface area contributed by atoms with E-state index in [4.69, 9.17) is 10.5 Å². The van der Waals surface area contributed by atoms with Gasteiger partial charge in [0.2, 0.25) is 0 Å². The molecule has 3 rings (SSSR count). The molecule has 0 fully saturated rings. The number of rotatable bonds is 4. The van der Waals surface area contributed by atoms with Crippen LogP contribution in [-0.4, -0.2) is 16.7 Å². The van der Waals surface area contributed by atoms with Gasteiger partial charge >= 0.3 is 0 Å². The second-order valence-corrected chi connectivity index (χ2v) is 5.21. The van der Waals surface area contributed by atoms with Crippen molar-refractivity contribution in [1.82, 2.24) is 9.55 Å². The molecule has 0 spiro atoms. The fourth-order valence-electron chi connectivity index (χ4n) is 2.68. The van der Waals surface area contributed by atoms with Crippen LogP contribution in [0, 0.1) is 0 Å². The Morgan fingerprint density at radius 1 is 1.29 bits per heavy atom. The van der Waals surface area contributed by atoms with Crippen molar-refractivity contribution in [3.05, 3.63) is 60.2 Å². The van der Waals surface area contributed by atoms with E-state index >= 15 is 0 Å². The molecule has 1 unspecified atom stereocenters. The minimum Gasteiger partial charge on any atom is -0.497 e. The van der Waals surface area contributed by atoms with Crippen LogP contribution in [0.25, 0.3) is 10.8 Å². The Morgan fingerprint density at radius 3 is 2.86 bits per heavy atom. The fourth-order valence-corrected chi connectivity index (χ4v) is 2.68. The molecule has 0 saturated carbocycles. The number of imidazole rings is 1. The number of hydrogen-bond donors (Lipinski definition) is 1. The molecule has 3 aromatic rings. The number of benzene rings is 2. The minimum absolute atomic E-state index is 0.123. The highest BCUT2D eigenvalue weighted by Gasteiger charge is 2.13. The van der Waals surface area contributed by atoms with Gasteiger partial charge in [-0.3, -0.25) is 0 Å². The van der Waals surface area contributed by atoms with Crippen molar-refractivity contribution in [2.45, 2.75) is 12.5 Å². The highest BCUT2D eigenvalue weighted by atomic mass is 16.5. The van der Waals surface area contributed by atoms with Crippen molar-refractivity contribution in [3.8, 4) is 5.75 Å². The highest BCUT2D eigenvalue weighted by Crippen LogP contribution is 2.26. The molecule has 0 bridgehead atoms. The predicted octanol–water partition coefficient (Wildman–Crippen LogP) is 2.82. The summed E-state index contributed by atoms with van der Waals surface area (Å²) in [5, 5.41) is 2.38. The van der Waals surface area contributed by atoms with Crippen LogP contribution < -0.4 is 10.5 Å². The van der Waals surface area contributed by atoms with Crippen LogP contribution in [0.4, 0.5) is 0 Å². The zero-order chi connectivity index (χ0) is 14.8. The Hall–Kier alpha value is -2.33. The lowest BCUT2D eigenvalue weighted by atomic mass is 9.98. The first-order valence-corrected chi connectivity index (χ1v) is 6.97. The maximum atomic E-state index is 6.32. The second kappa shape index (κ2) is 5.58. The van der Waals surface area contributed by atoms with Gasteiger partial charge in [-0.15, -0.1) is 0 Å². The Bertz CT molecular complexity index is 764. The summed E-state index contributed by atoms with van der Waals surface area (Å²) in [6.07, 6.45) is 4.44. The van der Waals surface area contributed by atoms with Crippen LogP contribution in [-0.2, 0) is 13.5 Å². The van der Waals surface area contributed by atoms with Gasteiger partial charge in [0.15, 0.2) is 0 Å². The van der Waals surface area contributed by atoms with E-state index in [0.717, 1.165) is 18.0 Å². The van der Waals surface area contributed by atoms with Crippen molar-refractivity contribution < 1.29 is 4.74 Å². The van der Waals surface area contributed by atoms with Crippen LogP contribution in [0.2, 0.25) is 0 Å². The number of ether oxygens (including phenoxy) is 1. The minimum atomic E-state index is -0.123. The molecule has 0 radical (unpaired) electrons. The zero-order valence-electron chi connectivity index (χ0n) is 12.3. The number of aryl methyl sites for hydroxylation is 1. The molecule has 0 amide bonds. The van der Waals surface area contributed by atoms with E-state index in [2.05, 4.69) is 35.3 Å². The molecular formula is C17H19N3O. The molecule has 1 atom stereocenters. The number of nitrogens with zero attached hydrogens (tertiary/aromatic N) is 2. The maximum absolute atomic E-state index is 6.32. The normalized spacial score (nSPS) is 12.5. The number of nitrogens with two attached hydrogens (primary N) is 1. The third-order valence-electron chi connectivity index (χ3n) is 3.81. The van der Waals surface area contributed by atoms with Gasteiger partial charge in [-0.05, 0) is 34.9 Å². The summed E-state index contributed by atoms with van der Waals surface area (Å²) >= 11 is 0. The van der Waals surface area contributed by atoms with Gasteiger partial charge in [0.1, 0.15) is 11.6 Å². The Balaban J connectivity index is 1.98. The molecule has 4 heteroatoms. The molecule has 0 aliphatic rings. The second-order valence-electron chi connectivity index (χ2n) is 5.21. The summed E-state index contributed by atoms with van der Waals surface area (Å²) in [7, 11) is 3.65. The van der Waals surface area contributed by atoms with E-state index < -0.39 is 0 Å². The standard InChI is InChI=1S/C17H19N3O/c1-20-9-8-19-17(20)16(18)10-13-5-3-4-12-6-7-14(21-2)11-15(12)13/h3-9,11,16H,10,18H2,1-2H3. The van der Waals surface area contributed by atoms with Crippen LogP contribution in [0.15, 0.2) is 48.8 Å². The molecule has 1 heterocycles. The fraction of sp³-hybridized carbons (Fsp3) is 0.235. The summed E-state index contributed by atoms with van der Waals surface area (Å²) in [4.78, 5) is 4.34. The Labute approximate surface area is 124 Å². The number of hydrogen-bond acceptors (Lipinski definition) is 3. The lowest BCUT2D eigenvalue weighted by Crippen LogP contribution is -2.17. The number of fused-ring (bicyclic) bond motifs is 1. The SMILES string of the molecule is COc1ccc2cccc(CC(N)c3nccn3C)c2c1. The molecule has 0 saturated heterocycles. The first-order chi connectivity index (χ1) is 10.2. The zero-order valence-corrected chi connectivity index (χ0v) is 12.3. The van der Waals surface area contributed by atoms with Crippen molar-refractivity contribution in [3.63, 3.8) is 0 Å². The van der Waals surface area contributed by atoms with Crippen LogP contribution in [0.3, 0.4) is 0 Å². The highest BCUT2D eigenvalue weighted by molar-refractivity contribution is 5.87. The van der Waals surface area contributed by atoms with E-state index in [1.54, 1.807) is 13.3 Å². The monoisotopic (exact) mass is 281 g/mol. The van der Waals surface area contributed by atoms with Crippen molar-refractivity contribution >= 4 is 10.8 Å². The summed E-state index contributed by atoms with van der Waals surface area (Å²) < 4.78 is 7.29. The predicted molar refractivity (Wildman–Crippen MR) is 84.3 cm³/mol. The van der Waals surface area contributed by atoms with Crippen molar-refractivity contribution in [2.75, 3.05) is 7.11 Å². The van der Waals surface area contributed by atoms with E-state index in [1.165, 1.54) is 16.3 Å². The van der Waals surface area contributed by atoms with Crippen LogP contribution in [0.1, 0.15) is 17.4 Å². The summed E-state index contributed by atoms with van der Waals surface area (Å²) in [6.45, 7) is 0. The van der Waals surface area contributed by atoms with Gasteiger partial charge in [-0.1, -0.05) is 24.3 Å². The summed E-state index contributed by atoms with van der Waals surface area (Å²) in [5.74, 6) is 1.76. The third kappa shape index (κ3) is 2.62. The lowest BCUT2D eigenvalue weighted by Gasteiger charge is -2.14. The molecule has 0 aliphatic carbocycles. The van der Waals surface area contributed by atoms with E-state index in [-0.39, 0.29) is 6.04 Å². The molecule has 1 aromatic heterocycles. The lowest BCUT2D eigenvalue weighted by molar-refractivity contribution is 0.415. The van der Waals surface area contributed by atoms with Gasteiger partial charge in [-0.25, -0.2) is 4.98 Å². The van der Waals surface area contributed by atoms with Gasteiger partial charge < -0.3 is 15.0 Å². The molecule has 108 valence electrons. The molecule has 4 nitrogen and oxygen atoms in total. The molecule has 2 aromatic carbocycles. The molecule has 0 aliphatic heterocycles. The average Bonchev–Trinajstić information content (AvgIpc) is 2.93. The van der Waals surface area contributed by atoms with Gasteiger partial charge in [0.05, 0.1) is 13.2 Å². The Morgan fingerprint density at radius 2 is 2.14 bits per heavy atom. The summed E-state index contributed by atoms with van der Waals surface area (Å²) in [6, 6.07) is 12.3. The van der Waals surface area contributed by atoms with Crippen LogP contribution >= 0.6 is 0 Å². The van der Waals surface area contributed by atoms with Crippen molar-refractivity contribution in [1.29, 1.82) is 0 Å². The third-order valence-corrected chi connectivity index (χ3v) is 3.81. The van der Waals surface area contributed by atoms with Crippen molar-refractivity contribution in [2.24, 2.45) is 12.8 Å². The van der Waals surface area contributed by atoms with Gasteiger partial charge in [0.25, 0.3) is 0 Å². The van der Waals surface area contributed by atoms with E-state index in [1.807, 2.05) is 23.9 Å². The summed E-state index contributed by atoms with van der Waals surface area (Å²) in [5.41, 5.74) is 7.53. The topological polar surface area (TPSA) is 53.1 Å². The molecule has 21 heavy (non-hydrogen) atoms. The average molecular weight is 281 g/mol. The maximum Gasteiger partial charge on any atom is 0.125 e. The largest absolute Gasteiger partial charge is 0.497 e. The molecular weight excluding hydrogens is 262 g/mol. The quantitative estimate of drug-likeness (QED) is 0.800. The van der Waals surface area contributed by atoms with Gasteiger partial charge in [0, 0.05) is 19.4 Å². The first-order valence-electron chi connectivity index (χ1n) is 6.97. The first kappa shape index (κ1) is 13.6. The smallest absolute Gasteiger partial charge is 0.125 e. The number of methoxy groups -OCH3 is 1. The number of aromatic nitrogens is 2. The van der Waals surface area contributed by atoms with E-state index in [9.17, 15) is 0 Å².